The van der Waals surface area contributed by atoms with Crippen LogP contribution in [0.25, 0.3) is 71.8 Å². The second-order valence-electron chi connectivity index (χ2n) is 14.4. The average molecular weight is 721 g/mol. The summed E-state index contributed by atoms with van der Waals surface area (Å²) in [6, 6.07) is 71.4. The van der Waals surface area contributed by atoms with Gasteiger partial charge in [-0.15, -0.1) is 0 Å². The monoisotopic (exact) mass is 720 g/mol. The van der Waals surface area contributed by atoms with Gasteiger partial charge in [-0.1, -0.05) is 164 Å². The van der Waals surface area contributed by atoms with Gasteiger partial charge < -0.3 is 20.2 Å². The molecule has 0 saturated carbocycles. The summed E-state index contributed by atoms with van der Waals surface area (Å²) in [4.78, 5) is 0. The summed E-state index contributed by atoms with van der Waals surface area (Å²) >= 11 is 0. The van der Waals surface area contributed by atoms with Gasteiger partial charge in [0.05, 0.1) is 22.1 Å². The van der Waals surface area contributed by atoms with Crippen LogP contribution >= 0.6 is 0 Å². The van der Waals surface area contributed by atoms with Gasteiger partial charge in [-0.25, -0.2) is 0 Å². The third kappa shape index (κ3) is 6.03. The van der Waals surface area contributed by atoms with Gasteiger partial charge in [-0.05, 0) is 76.7 Å². The standard InChI is InChI=1S/C52H40N4/c53-52(40-17-5-2-6-18-40)54-47(39-30-28-38(29-31-39)37-15-3-1-4-16-37)32-27-36-33-41(55-48-23-11-7-19-43(48)44-20-8-12-24-49(44)55)35-42(34-36)56-50-25-13-9-21-45(50)46-22-10-14-26-51(46)56/h1-26,28-35,52,54H,27,53H2/b47-32-. The van der Waals surface area contributed by atoms with E-state index in [9.17, 15) is 0 Å². The Labute approximate surface area is 326 Å². The smallest absolute Gasteiger partial charge is 0.101 e. The summed E-state index contributed by atoms with van der Waals surface area (Å²) in [6.45, 7) is 0. The molecule has 0 fully saturated rings. The van der Waals surface area contributed by atoms with E-state index in [4.69, 9.17) is 5.73 Å². The highest BCUT2D eigenvalue weighted by atomic mass is 15.0. The van der Waals surface area contributed by atoms with Gasteiger partial charge >= 0.3 is 0 Å². The van der Waals surface area contributed by atoms with Crippen LogP contribution in [-0.2, 0) is 6.42 Å². The zero-order valence-corrected chi connectivity index (χ0v) is 30.9. The average Bonchev–Trinajstić information content (AvgIpc) is 3.79. The van der Waals surface area contributed by atoms with Crippen molar-refractivity contribution >= 4 is 49.3 Å². The molecule has 0 aliphatic rings. The molecule has 0 aliphatic heterocycles. The van der Waals surface area contributed by atoms with Crippen molar-refractivity contribution in [2.24, 2.45) is 5.73 Å². The molecule has 0 radical (unpaired) electrons. The van der Waals surface area contributed by atoms with Crippen LogP contribution in [0.15, 0.2) is 206 Å². The van der Waals surface area contributed by atoms with Crippen LogP contribution in [0.3, 0.4) is 0 Å². The molecule has 1 unspecified atom stereocenters. The molecule has 3 N–H and O–H groups in total. The topological polar surface area (TPSA) is 47.9 Å². The summed E-state index contributed by atoms with van der Waals surface area (Å²) in [5.41, 5.74) is 20.5. The van der Waals surface area contributed by atoms with Crippen molar-refractivity contribution in [1.82, 2.24) is 14.5 Å². The molecular weight excluding hydrogens is 681 g/mol. The predicted molar refractivity (Wildman–Crippen MR) is 235 cm³/mol. The van der Waals surface area contributed by atoms with Crippen LogP contribution in [0.1, 0.15) is 22.9 Å². The molecule has 0 bridgehead atoms. The van der Waals surface area contributed by atoms with E-state index < -0.39 is 0 Å². The second kappa shape index (κ2) is 14.3. The molecule has 10 aromatic rings. The summed E-state index contributed by atoms with van der Waals surface area (Å²) in [7, 11) is 0. The van der Waals surface area contributed by atoms with Gasteiger partial charge in [0.2, 0.25) is 0 Å². The molecule has 10 rings (SSSR count). The lowest BCUT2D eigenvalue weighted by molar-refractivity contribution is 0.666. The van der Waals surface area contributed by atoms with E-state index in [1.54, 1.807) is 0 Å². The van der Waals surface area contributed by atoms with E-state index in [2.05, 4.69) is 203 Å². The Balaban J connectivity index is 1.15. The van der Waals surface area contributed by atoms with Crippen molar-refractivity contribution in [3.8, 4) is 22.5 Å². The summed E-state index contributed by atoms with van der Waals surface area (Å²) in [5, 5.41) is 8.66. The minimum absolute atomic E-state index is 0.381. The van der Waals surface area contributed by atoms with E-state index in [0.717, 1.165) is 28.2 Å². The molecule has 8 aromatic carbocycles. The van der Waals surface area contributed by atoms with Gasteiger partial charge in [0.25, 0.3) is 0 Å². The third-order valence-corrected chi connectivity index (χ3v) is 11.0. The van der Waals surface area contributed by atoms with Crippen LogP contribution in [-0.4, -0.2) is 9.13 Å². The maximum atomic E-state index is 6.85. The number of hydrogen-bond donors (Lipinski definition) is 2. The second-order valence-corrected chi connectivity index (χ2v) is 14.4. The number of nitrogens with zero attached hydrogens (tertiary/aromatic N) is 2. The van der Waals surface area contributed by atoms with Crippen molar-refractivity contribution in [2.75, 3.05) is 0 Å². The van der Waals surface area contributed by atoms with Crippen molar-refractivity contribution in [2.45, 2.75) is 12.6 Å². The molecular formula is C52H40N4. The van der Waals surface area contributed by atoms with Crippen LogP contribution in [0.5, 0.6) is 0 Å². The number of rotatable bonds is 9. The molecule has 4 heteroatoms. The van der Waals surface area contributed by atoms with Crippen molar-refractivity contribution in [3.63, 3.8) is 0 Å². The molecule has 0 amide bonds. The van der Waals surface area contributed by atoms with E-state index in [0.29, 0.717) is 6.42 Å². The highest BCUT2D eigenvalue weighted by Gasteiger charge is 2.17. The first kappa shape index (κ1) is 33.4. The first-order valence-electron chi connectivity index (χ1n) is 19.2. The number of allylic oxidation sites excluding steroid dienone is 1. The van der Waals surface area contributed by atoms with Gasteiger partial charge in [0.1, 0.15) is 6.17 Å². The van der Waals surface area contributed by atoms with Crippen LogP contribution in [0.4, 0.5) is 0 Å². The normalized spacial score (nSPS) is 12.5. The van der Waals surface area contributed by atoms with Crippen LogP contribution in [0.2, 0.25) is 0 Å². The van der Waals surface area contributed by atoms with Crippen molar-refractivity contribution < 1.29 is 0 Å². The molecule has 0 aliphatic carbocycles. The van der Waals surface area contributed by atoms with E-state index >= 15 is 0 Å². The fourth-order valence-electron chi connectivity index (χ4n) is 8.30. The lowest BCUT2D eigenvalue weighted by Crippen LogP contribution is -2.27. The molecule has 0 spiro atoms. The zero-order valence-electron chi connectivity index (χ0n) is 30.9. The molecule has 0 saturated heterocycles. The lowest BCUT2D eigenvalue weighted by atomic mass is 10.0. The molecule has 2 heterocycles. The Bertz CT molecular complexity index is 2790. The Kier molecular flexibility index (Phi) is 8.51. The number of nitrogens with one attached hydrogen (secondary N) is 1. The molecule has 2 aromatic heterocycles. The highest BCUT2D eigenvalue weighted by molar-refractivity contribution is 6.10. The minimum atomic E-state index is -0.381. The largest absolute Gasteiger partial charge is 0.366 e. The van der Waals surface area contributed by atoms with E-state index in [1.807, 2.05) is 18.2 Å². The Morgan fingerprint density at radius 1 is 0.464 bits per heavy atom. The van der Waals surface area contributed by atoms with E-state index in [1.165, 1.54) is 60.3 Å². The quantitative estimate of drug-likeness (QED) is 0.146. The SMILES string of the molecule is NC(N/C(=C\Cc1cc(-n2c3ccccc3c3ccccc32)cc(-n2c3ccccc3c3ccccc32)c1)c1ccc(-c2ccccc2)cc1)c1ccccc1. The molecule has 56 heavy (non-hydrogen) atoms. The van der Waals surface area contributed by atoms with Gasteiger partial charge in [-0.3, -0.25) is 0 Å². The Morgan fingerprint density at radius 3 is 1.36 bits per heavy atom. The summed E-state index contributed by atoms with van der Waals surface area (Å²) in [6.07, 6.45) is 2.59. The summed E-state index contributed by atoms with van der Waals surface area (Å²) in [5.74, 6) is 0. The number of aromatic nitrogens is 2. The van der Waals surface area contributed by atoms with Crippen LogP contribution in [0, 0.1) is 0 Å². The first-order valence-corrected chi connectivity index (χ1v) is 19.2. The highest BCUT2D eigenvalue weighted by Crippen LogP contribution is 2.36. The molecule has 268 valence electrons. The van der Waals surface area contributed by atoms with Gasteiger partial charge in [0, 0.05) is 38.6 Å². The molecule has 4 nitrogen and oxygen atoms in total. The maximum absolute atomic E-state index is 6.85. The molecule has 1 atom stereocenters. The van der Waals surface area contributed by atoms with Crippen molar-refractivity contribution in [3.05, 3.63) is 223 Å². The third-order valence-electron chi connectivity index (χ3n) is 11.0. The fourth-order valence-corrected chi connectivity index (χ4v) is 8.30. The Hall–Kier alpha value is -7.14. The van der Waals surface area contributed by atoms with Crippen LogP contribution < -0.4 is 11.1 Å². The summed E-state index contributed by atoms with van der Waals surface area (Å²) < 4.78 is 4.84. The number of hydrogen-bond acceptors (Lipinski definition) is 2. The Morgan fingerprint density at radius 2 is 0.875 bits per heavy atom. The number of nitrogens with two attached hydrogens (primary N) is 1. The number of fused-ring (bicyclic) bond motifs is 6. The minimum Gasteiger partial charge on any atom is -0.366 e. The van der Waals surface area contributed by atoms with E-state index in [-0.39, 0.29) is 6.17 Å². The maximum Gasteiger partial charge on any atom is 0.101 e. The fraction of sp³-hybridized carbons (Fsp3) is 0.0385. The van der Waals surface area contributed by atoms with Crippen molar-refractivity contribution in [1.29, 1.82) is 0 Å². The number of para-hydroxylation sites is 4. The van der Waals surface area contributed by atoms with Gasteiger partial charge in [-0.2, -0.15) is 0 Å². The predicted octanol–water partition coefficient (Wildman–Crippen LogP) is 12.4. The van der Waals surface area contributed by atoms with Gasteiger partial charge in [0.15, 0.2) is 0 Å². The lowest BCUT2D eigenvalue weighted by Gasteiger charge is -2.20. The first-order chi connectivity index (χ1) is 27.7. The zero-order chi connectivity index (χ0) is 37.4. The number of benzene rings is 8.